The number of rotatable bonds is 10. The predicted octanol–water partition coefficient (Wildman–Crippen LogP) is 4.76. The highest BCUT2D eigenvalue weighted by Crippen LogP contribution is 2.48. The van der Waals surface area contributed by atoms with Crippen molar-refractivity contribution in [2.24, 2.45) is 0 Å². The molecule has 1 aliphatic heterocycles. The summed E-state index contributed by atoms with van der Waals surface area (Å²) >= 11 is 0. The topological polar surface area (TPSA) is 90.2 Å². The van der Waals surface area contributed by atoms with Crippen molar-refractivity contribution in [2.45, 2.75) is 45.4 Å². The van der Waals surface area contributed by atoms with E-state index in [1.807, 2.05) is 24.3 Å². The van der Waals surface area contributed by atoms with Gasteiger partial charge in [0.25, 0.3) is 0 Å². The summed E-state index contributed by atoms with van der Waals surface area (Å²) in [4.78, 5) is 14.4. The van der Waals surface area contributed by atoms with E-state index in [2.05, 4.69) is 24.8 Å². The molecule has 0 bridgehead atoms. The smallest absolute Gasteiger partial charge is 0.478 e. The van der Waals surface area contributed by atoms with Gasteiger partial charge in [0.1, 0.15) is 11.5 Å². The van der Waals surface area contributed by atoms with E-state index in [1.165, 1.54) is 0 Å². The van der Waals surface area contributed by atoms with E-state index in [9.17, 15) is 19.9 Å². The molecule has 0 aromatic heterocycles. The quantitative estimate of drug-likeness (QED) is 0.288. The highest BCUT2D eigenvalue weighted by atomic mass is 16.5. The Morgan fingerprint density at radius 3 is 2.14 bits per heavy atom. The SMILES string of the molecule is CCCCN(CCCC)c1ccc2c(c1)Oc1cc(B(O)O)ccc1C2c1ccccc1C(=O)O. The normalized spacial score (nSPS) is 14.0. The van der Waals surface area contributed by atoms with E-state index < -0.39 is 13.1 Å². The third kappa shape index (κ3) is 5.21. The first-order chi connectivity index (χ1) is 16.9. The van der Waals surface area contributed by atoms with Crippen molar-refractivity contribution in [1.29, 1.82) is 0 Å². The molecule has 0 radical (unpaired) electrons. The summed E-state index contributed by atoms with van der Waals surface area (Å²) in [7, 11) is -1.63. The van der Waals surface area contributed by atoms with Gasteiger partial charge in [0.2, 0.25) is 0 Å². The molecule has 0 spiro atoms. The lowest BCUT2D eigenvalue weighted by Crippen LogP contribution is -2.30. The highest BCUT2D eigenvalue weighted by molar-refractivity contribution is 6.58. The Morgan fingerprint density at radius 1 is 0.886 bits per heavy atom. The van der Waals surface area contributed by atoms with Gasteiger partial charge in [0.15, 0.2) is 0 Å². The Bertz CT molecular complexity index is 1190. The Labute approximate surface area is 206 Å². The van der Waals surface area contributed by atoms with E-state index in [0.29, 0.717) is 22.5 Å². The molecule has 7 heteroatoms. The molecule has 1 atom stereocenters. The second-order valence-corrected chi connectivity index (χ2v) is 9.01. The minimum atomic E-state index is -1.63. The molecule has 0 saturated heterocycles. The third-order valence-electron chi connectivity index (χ3n) is 6.61. The number of carboxylic acid groups (broad SMARTS) is 1. The maximum Gasteiger partial charge on any atom is 0.488 e. The van der Waals surface area contributed by atoms with Crippen LogP contribution in [0.25, 0.3) is 0 Å². The van der Waals surface area contributed by atoms with Gasteiger partial charge in [-0.15, -0.1) is 0 Å². The zero-order valence-corrected chi connectivity index (χ0v) is 20.3. The molecular weight excluding hydrogens is 441 g/mol. The summed E-state index contributed by atoms with van der Waals surface area (Å²) in [6, 6.07) is 18.2. The van der Waals surface area contributed by atoms with Crippen LogP contribution in [0.4, 0.5) is 5.69 Å². The molecular formula is C28H32BNO5. The molecule has 35 heavy (non-hydrogen) atoms. The monoisotopic (exact) mass is 473 g/mol. The van der Waals surface area contributed by atoms with Gasteiger partial charge in [-0.05, 0) is 42.1 Å². The van der Waals surface area contributed by atoms with Crippen LogP contribution < -0.4 is 15.1 Å². The summed E-state index contributed by atoms with van der Waals surface area (Å²) in [5, 5.41) is 29.3. The Morgan fingerprint density at radius 2 is 1.51 bits per heavy atom. The van der Waals surface area contributed by atoms with Crippen molar-refractivity contribution in [3.63, 3.8) is 0 Å². The molecule has 1 aliphatic rings. The lowest BCUT2D eigenvalue weighted by Gasteiger charge is -2.32. The number of benzene rings is 3. The molecule has 3 aromatic carbocycles. The number of carboxylic acids is 1. The fourth-order valence-electron chi connectivity index (χ4n) is 4.72. The Balaban J connectivity index is 1.85. The van der Waals surface area contributed by atoms with Gasteiger partial charge in [-0.1, -0.05) is 63.1 Å². The largest absolute Gasteiger partial charge is 0.488 e. The van der Waals surface area contributed by atoms with Crippen molar-refractivity contribution in [3.05, 3.63) is 82.9 Å². The molecule has 3 aromatic rings. The van der Waals surface area contributed by atoms with Gasteiger partial charge >= 0.3 is 13.1 Å². The van der Waals surface area contributed by atoms with E-state index in [1.54, 1.807) is 30.3 Å². The number of nitrogens with zero attached hydrogens (tertiary/aromatic N) is 1. The third-order valence-corrected chi connectivity index (χ3v) is 6.61. The van der Waals surface area contributed by atoms with Gasteiger partial charge in [-0.25, -0.2) is 4.79 Å². The van der Waals surface area contributed by atoms with Crippen molar-refractivity contribution in [2.75, 3.05) is 18.0 Å². The van der Waals surface area contributed by atoms with E-state index in [-0.39, 0.29) is 11.5 Å². The number of unbranched alkanes of at least 4 members (excludes halogenated alkanes) is 2. The van der Waals surface area contributed by atoms with Gasteiger partial charge in [0, 0.05) is 41.9 Å². The molecule has 1 unspecified atom stereocenters. The zero-order valence-electron chi connectivity index (χ0n) is 20.3. The van der Waals surface area contributed by atoms with Crippen LogP contribution in [0.15, 0.2) is 60.7 Å². The summed E-state index contributed by atoms with van der Waals surface area (Å²) in [5.41, 5.74) is 3.97. The number of hydrogen-bond donors (Lipinski definition) is 3. The van der Waals surface area contributed by atoms with Crippen LogP contribution in [-0.4, -0.2) is 41.3 Å². The first kappa shape index (κ1) is 24.8. The lowest BCUT2D eigenvalue weighted by atomic mass is 9.76. The second kappa shape index (κ2) is 11.0. The van der Waals surface area contributed by atoms with Crippen LogP contribution in [0.3, 0.4) is 0 Å². The van der Waals surface area contributed by atoms with Crippen LogP contribution >= 0.6 is 0 Å². The number of ether oxygens (including phenoxy) is 1. The summed E-state index contributed by atoms with van der Waals surface area (Å²) < 4.78 is 6.32. The highest BCUT2D eigenvalue weighted by Gasteiger charge is 2.32. The number of aromatic carboxylic acids is 1. The Kier molecular flexibility index (Phi) is 7.78. The van der Waals surface area contributed by atoms with Crippen molar-refractivity contribution >= 4 is 24.2 Å². The molecule has 0 saturated carbocycles. The van der Waals surface area contributed by atoms with Crippen molar-refractivity contribution in [1.82, 2.24) is 0 Å². The van der Waals surface area contributed by atoms with Gasteiger partial charge < -0.3 is 24.8 Å². The number of hydrogen-bond acceptors (Lipinski definition) is 5. The first-order valence-electron chi connectivity index (χ1n) is 12.3. The fraction of sp³-hybridized carbons (Fsp3) is 0.321. The average molecular weight is 473 g/mol. The Hall–Kier alpha value is -3.29. The van der Waals surface area contributed by atoms with Crippen LogP contribution in [0, 0.1) is 0 Å². The van der Waals surface area contributed by atoms with Crippen LogP contribution in [0.5, 0.6) is 11.5 Å². The summed E-state index contributed by atoms with van der Waals surface area (Å²) in [5.74, 6) is -0.193. The lowest BCUT2D eigenvalue weighted by molar-refractivity contribution is 0.0695. The predicted molar refractivity (Wildman–Crippen MR) is 139 cm³/mol. The molecule has 4 rings (SSSR count). The fourth-order valence-corrected chi connectivity index (χ4v) is 4.72. The standard InChI is InChI=1S/C28H32BNO5/c1-3-5-15-30(16-6-4-2)20-12-14-24-26(18-20)35-25-17-19(29(33)34)11-13-23(25)27(24)21-9-7-8-10-22(21)28(31)32/h7-14,17-18,27,33-34H,3-6,15-16H2,1-2H3,(H,31,32). The second-order valence-electron chi connectivity index (χ2n) is 9.01. The molecule has 0 aliphatic carbocycles. The zero-order chi connectivity index (χ0) is 24.9. The summed E-state index contributed by atoms with van der Waals surface area (Å²) in [6.07, 6.45) is 4.41. The molecule has 0 fully saturated rings. The van der Waals surface area contributed by atoms with E-state index in [0.717, 1.165) is 55.6 Å². The van der Waals surface area contributed by atoms with Crippen molar-refractivity contribution in [3.8, 4) is 11.5 Å². The molecule has 6 nitrogen and oxygen atoms in total. The van der Waals surface area contributed by atoms with Crippen LogP contribution in [0.2, 0.25) is 0 Å². The van der Waals surface area contributed by atoms with Gasteiger partial charge in [-0.2, -0.15) is 0 Å². The van der Waals surface area contributed by atoms with Crippen molar-refractivity contribution < 1.29 is 24.7 Å². The van der Waals surface area contributed by atoms with Crippen LogP contribution in [0.1, 0.15) is 72.5 Å². The molecule has 182 valence electrons. The number of anilines is 1. The van der Waals surface area contributed by atoms with Crippen LogP contribution in [-0.2, 0) is 0 Å². The maximum absolute atomic E-state index is 12.1. The molecule has 3 N–H and O–H groups in total. The number of fused-ring (bicyclic) bond motifs is 2. The minimum absolute atomic E-state index is 0.235. The minimum Gasteiger partial charge on any atom is -0.478 e. The van der Waals surface area contributed by atoms with E-state index in [4.69, 9.17) is 4.74 Å². The number of carbonyl (C=O) groups is 1. The average Bonchev–Trinajstić information content (AvgIpc) is 2.86. The maximum atomic E-state index is 12.1. The van der Waals surface area contributed by atoms with E-state index >= 15 is 0 Å². The van der Waals surface area contributed by atoms with Gasteiger partial charge in [-0.3, -0.25) is 0 Å². The molecule has 1 heterocycles. The first-order valence-corrected chi connectivity index (χ1v) is 12.3. The van der Waals surface area contributed by atoms with Gasteiger partial charge in [0.05, 0.1) is 5.56 Å². The molecule has 0 amide bonds. The summed E-state index contributed by atoms with van der Waals surface area (Å²) in [6.45, 7) is 6.28.